The minimum atomic E-state index is -0.523. The summed E-state index contributed by atoms with van der Waals surface area (Å²) < 4.78 is 6.42. The standard InChI is InChI=1S/C21H25BrClNO2/c1-14(24-20(25)26-21(2,3)4)19(16-6-5-7-17(22)13-16)12-15-8-10-18(23)11-9-15/h5-11,13-14,19H,12H2,1-4H3,(H,24,25). The van der Waals surface area contributed by atoms with Crippen LogP contribution in [0.4, 0.5) is 4.79 Å². The Labute approximate surface area is 169 Å². The van der Waals surface area contributed by atoms with Crippen molar-refractivity contribution >= 4 is 33.6 Å². The lowest BCUT2D eigenvalue weighted by Gasteiger charge is -2.28. The molecule has 140 valence electrons. The summed E-state index contributed by atoms with van der Waals surface area (Å²) >= 11 is 9.53. The maximum atomic E-state index is 12.2. The molecule has 0 bridgehead atoms. The molecule has 2 rings (SSSR count). The topological polar surface area (TPSA) is 38.3 Å². The Morgan fingerprint density at radius 2 is 1.85 bits per heavy atom. The molecule has 0 fully saturated rings. The quantitative estimate of drug-likeness (QED) is 0.591. The Morgan fingerprint density at radius 1 is 1.19 bits per heavy atom. The third-order valence-corrected chi connectivity index (χ3v) is 4.74. The van der Waals surface area contributed by atoms with Crippen molar-refractivity contribution in [3.63, 3.8) is 0 Å². The molecule has 26 heavy (non-hydrogen) atoms. The first kappa shape index (κ1) is 20.8. The molecule has 0 saturated carbocycles. The molecule has 2 atom stereocenters. The highest BCUT2D eigenvalue weighted by Gasteiger charge is 2.24. The van der Waals surface area contributed by atoms with Gasteiger partial charge in [0.15, 0.2) is 0 Å². The molecule has 1 amide bonds. The molecule has 0 radical (unpaired) electrons. The number of rotatable bonds is 5. The second-order valence-electron chi connectivity index (χ2n) is 7.43. The van der Waals surface area contributed by atoms with Gasteiger partial charge in [0.25, 0.3) is 0 Å². The number of carbonyl (C=O) groups excluding carboxylic acids is 1. The largest absolute Gasteiger partial charge is 0.444 e. The van der Waals surface area contributed by atoms with E-state index in [1.165, 1.54) is 0 Å². The van der Waals surface area contributed by atoms with Crippen LogP contribution in [-0.4, -0.2) is 17.7 Å². The molecule has 2 unspecified atom stereocenters. The van der Waals surface area contributed by atoms with Crippen molar-refractivity contribution in [1.29, 1.82) is 0 Å². The molecule has 0 aliphatic rings. The van der Waals surface area contributed by atoms with Crippen molar-refractivity contribution in [2.45, 2.75) is 51.7 Å². The van der Waals surface area contributed by atoms with Gasteiger partial charge < -0.3 is 10.1 Å². The number of nitrogens with one attached hydrogen (secondary N) is 1. The maximum Gasteiger partial charge on any atom is 0.407 e. The number of halogens is 2. The van der Waals surface area contributed by atoms with Crippen LogP contribution in [0.5, 0.6) is 0 Å². The minimum Gasteiger partial charge on any atom is -0.444 e. The van der Waals surface area contributed by atoms with Crippen molar-refractivity contribution in [3.8, 4) is 0 Å². The van der Waals surface area contributed by atoms with Gasteiger partial charge in [0.05, 0.1) is 0 Å². The van der Waals surface area contributed by atoms with E-state index in [1.807, 2.05) is 64.1 Å². The normalized spacial score (nSPS) is 13.8. The fourth-order valence-electron chi connectivity index (χ4n) is 2.79. The van der Waals surface area contributed by atoms with E-state index in [4.69, 9.17) is 16.3 Å². The Morgan fingerprint density at radius 3 is 2.42 bits per heavy atom. The Hall–Kier alpha value is -1.52. The fraction of sp³-hybridized carbons (Fsp3) is 0.381. The van der Waals surface area contributed by atoms with Crippen molar-refractivity contribution in [2.24, 2.45) is 0 Å². The van der Waals surface area contributed by atoms with Crippen molar-refractivity contribution in [1.82, 2.24) is 5.32 Å². The number of benzene rings is 2. The van der Waals surface area contributed by atoms with Crippen LogP contribution in [0.2, 0.25) is 5.02 Å². The number of amides is 1. The molecule has 3 nitrogen and oxygen atoms in total. The number of hydrogen-bond donors (Lipinski definition) is 1. The molecule has 5 heteroatoms. The average Bonchev–Trinajstić information content (AvgIpc) is 2.52. The second-order valence-corrected chi connectivity index (χ2v) is 8.78. The Kier molecular flexibility index (Phi) is 7.13. The van der Waals surface area contributed by atoms with Crippen LogP contribution in [0.1, 0.15) is 44.7 Å². The summed E-state index contributed by atoms with van der Waals surface area (Å²) in [6, 6.07) is 15.9. The van der Waals surface area contributed by atoms with Gasteiger partial charge in [-0.3, -0.25) is 0 Å². The Balaban J connectivity index is 2.22. The summed E-state index contributed by atoms with van der Waals surface area (Å²) in [6.45, 7) is 7.58. The lowest BCUT2D eigenvalue weighted by Crippen LogP contribution is -2.41. The molecule has 1 N–H and O–H groups in total. The zero-order valence-electron chi connectivity index (χ0n) is 15.6. The van der Waals surface area contributed by atoms with Crippen LogP contribution in [0.15, 0.2) is 53.0 Å². The summed E-state index contributed by atoms with van der Waals surface area (Å²) in [5.74, 6) is 0.0983. The number of hydrogen-bond acceptors (Lipinski definition) is 2. The van der Waals surface area contributed by atoms with Gasteiger partial charge >= 0.3 is 6.09 Å². The number of alkyl carbamates (subject to hydrolysis) is 1. The molecule has 2 aromatic carbocycles. The zero-order chi connectivity index (χ0) is 19.3. The highest BCUT2D eigenvalue weighted by molar-refractivity contribution is 9.10. The molecular formula is C21H25BrClNO2. The van der Waals surface area contributed by atoms with Crippen LogP contribution < -0.4 is 5.32 Å². The molecule has 0 heterocycles. The van der Waals surface area contributed by atoms with E-state index in [0.29, 0.717) is 5.02 Å². The molecular weight excluding hydrogens is 414 g/mol. The monoisotopic (exact) mass is 437 g/mol. The summed E-state index contributed by atoms with van der Waals surface area (Å²) in [5, 5.41) is 3.70. The molecule has 0 aliphatic heterocycles. The van der Waals surface area contributed by atoms with Crippen LogP contribution in [0.3, 0.4) is 0 Å². The first-order chi connectivity index (χ1) is 12.1. The summed E-state index contributed by atoms with van der Waals surface area (Å²) in [6.07, 6.45) is 0.381. The predicted molar refractivity (Wildman–Crippen MR) is 111 cm³/mol. The van der Waals surface area contributed by atoms with E-state index < -0.39 is 11.7 Å². The lowest BCUT2D eigenvalue weighted by molar-refractivity contribution is 0.0501. The zero-order valence-corrected chi connectivity index (χ0v) is 17.9. The minimum absolute atomic E-state index is 0.0983. The van der Waals surface area contributed by atoms with E-state index in [-0.39, 0.29) is 12.0 Å². The van der Waals surface area contributed by atoms with Gasteiger partial charge in [0.1, 0.15) is 5.60 Å². The first-order valence-electron chi connectivity index (χ1n) is 8.63. The summed E-state index contributed by atoms with van der Waals surface area (Å²) in [7, 11) is 0. The van der Waals surface area contributed by atoms with Crippen molar-refractivity contribution in [2.75, 3.05) is 0 Å². The molecule has 0 spiro atoms. The fourth-order valence-corrected chi connectivity index (χ4v) is 3.33. The van der Waals surface area contributed by atoms with Crippen LogP contribution in [0.25, 0.3) is 0 Å². The van der Waals surface area contributed by atoms with E-state index in [0.717, 1.165) is 22.0 Å². The van der Waals surface area contributed by atoms with E-state index in [9.17, 15) is 4.79 Å². The first-order valence-corrected chi connectivity index (χ1v) is 9.80. The van der Waals surface area contributed by atoms with Crippen LogP contribution in [-0.2, 0) is 11.2 Å². The van der Waals surface area contributed by atoms with E-state index in [2.05, 4.69) is 33.4 Å². The highest BCUT2D eigenvalue weighted by Crippen LogP contribution is 2.27. The number of carbonyl (C=O) groups is 1. The lowest BCUT2D eigenvalue weighted by atomic mass is 9.86. The van der Waals surface area contributed by atoms with Gasteiger partial charge in [0.2, 0.25) is 0 Å². The highest BCUT2D eigenvalue weighted by atomic mass is 79.9. The van der Waals surface area contributed by atoms with Gasteiger partial charge in [-0.2, -0.15) is 0 Å². The van der Waals surface area contributed by atoms with Gasteiger partial charge in [-0.1, -0.05) is 51.8 Å². The van der Waals surface area contributed by atoms with Crippen LogP contribution in [0, 0.1) is 0 Å². The summed E-state index contributed by atoms with van der Waals surface area (Å²) in [5.41, 5.74) is 1.79. The second kappa shape index (κ2) is 8.92. The van der Waals surface area contributed by atoms with Gasteiger partial charge in [-0.25, -0.2) is 4.79 Å². The van der Waals surface area contributed by atoms with Gasteiger partial charge in [0, 0.05) is 21.5 Å². The predicted octanol–water partition coefficient (Wildman–Crippen LogP) is 6.34. The van der Waals surface area contributed by atoms with Crippen molar-refractivity contribution < 1.29 is 9.53 Å². The van der Waals surface area contributed by atoms with Gasteiger partial charge in [-0.05, 0) is 69.5 Å². The maximum absolute atomic E-state index is 12.2. The number of ether oxygens (including phenoxy) is 1. The van der Waals surface area contributed by atoms with Crippen LogP contribution >= 0.6 is 27.5 Å². The van der Waals surface area contributed by atoms with E-state index in [1.54, 1.807) is 0 Å². The molecule has 2 aromatic rings. The molecule has 0 aromatic heterocycles. The SMILES string of the molecule is CC(NC(=O)OC(C)(C)C)C(Cc1ccc(Cl)cc1)c1cccc(Br)c1. The third-order valence-electron chi connectivity index (χ3n) is 3.99. The summed E-state index contributed by atoms with van der Waals surface area (Å²) in [4.78, 5) is 12.2. The molecule has 0 aliphatic carbocycles. The smallest absolute Gasteiger partial charge is 0.407 e. The van der Waals surface area contributed by atoms with E-state index >= 15 is 0 Å². The third kappa shape index (κ3) is 6.65. The molecule has 0 saturated heterocycles. The Bertz CT molecular complexity index is 740. The van der Waals surface area contributed by atoms with Gasteiger partial charge in [-0.15, -0.1) is 0 Å². The average molecular weight is 439 g/mol. The van der Waals surface area contributed by atoms with Crippen molar-refractivity contribution in [3.05, 3.63) is 69.2 Å².